The molecule has 0 bridgehead atoms. The van der Waals surface area contributed by atoms with Crippen LogP contribution in [0.15, 0.2) is 0 Å². The molecule has 1 nitrogen and oxygen atoms in total. The molecule has 0 aromatic rings. The average molecular weight is 156 g/mol. The molecule has 1 heterocycles. The zero-order chi connectivity index (χ0) is 6.97. The first-order valence-electron chi connectivity index (χ1n) is 3.95. The molecule has 0 amide bonds. The van der Waals surface area contributed by atoms with Gasteiger partial charge in [-0.15, -0.1) is 0 Å². The van der Waals surface area contributed by atoms with Crippen LogP contribution < -0.4 is 0 Å². The summed E-state index contributed by atoms with van der Waals surface area (Å²) in [5, 5.41) is 0. The van der Waals surface area contributed by atoms with Crippen LogP contribution >= 0.6 is 11.8 Å². The second-order valence-electron chi connectivity index (χ2n) is 3.32. The third kappa shape index (κ3) is 1.09. The Bertz CT molecular complexity index is 140. The maximum atomic E-state index is 10.3. The Morgan fingerprint density at radius 2 is 2.40 bits per heavy atom. The highest BCUT2D eigenvalue weighted by Crippen LogP contribution is 2.47. The van der Waals surface area contributed by atoms with Crippen LogP contribution in [0.25, 0.3) is 0 Å². The molecule has 1 saturated heterocycles. The van der Waals surface area contributed by atoms with Crippen molar-refractivity contribution in [1.29, 1.82) is 0 Å². The fourth-order valence-electron chi connectivity index (χ4n) is 1.82. The SMILES string of the molecule is O=C[C@@H]1C[C@@H]1[C@H]1CCSC1. The molecule has 1 aliphatic heterocycles. The summed E-state index contributed by atoms with van der Waals surface area (Å²) in [6.45, 7) is 0. The standard InChI is InChI=1S/C8H12OS/c9-4-7-3-8(7)6-1-2-10-5-6/h4,6-8H,1-3,5H2/t6-,7-,8+/m0/s1. The number of carbonyl (C=O) groups excluding carboxylic acids is 1. The molecule has 0 N–H and O–H groups in total. The number of carbonyl (C=O) groups is 1. The van der Waals surface area contributed by atoms with Gasteiger partial charge >= 0.3 is 0 Å². The third-order valence-corrected chi connectivity index (χ3v) is 3.82. The van der Waals surface area contributed by atoms with Gasteiger partial charge in [-0.05, 0) is 36.2 Å². The molecule has 0 aromatic carbocycles. The zero-order valence-corrected chi connectivity index (χ0v) is 6.77. The monoisotopic (exact) mass is 156 g/mol. The van der Waals surface area contributed by atoms with Gasteiger partial charge in [-0.2, -0.15) is 11.8 Å². The van der Waals surface area contributed by atoms with Gasteiger partial charge in [0.05, 0.1) is 0 Å². The van der Waals surface area contributed by atoms with E-state index in [1.165, 1.54) is 24.3 Å². The van der Waals surface area contributed by atoms with E-state index >= 15 is 0 Å². The summed E-state index contributed by atoms with van der Waals surface area (Å²) in [4.78, 5) is 10.3. The highest BCUT2D eigenvalue weighted by Gasteiger charge is 2.43. The molecule has 10 heavy (non-hydrogen) atoms. The Balaban J connectivity index is 1.84. The van der Waals surface area contributed by atoms with E-state index in [4.69, 9.17) is 0 Å². The van der Waals surface area contributed by atoms with Gasteiger partial charge < -0.3 is 4.79 Å². The lowest BCUT2D eigenvalue weighted by molar-refractivity contribution is -0.109. The largest absolute Gasteiger partial charge is 0.303 e. The summed E-state index contributed by atoms with van der Waals surface area (Å²) in [5.41, 5.74) is 0. The maximum Gasteiger partial charge on any atom is 0.123 e. The third-order valence-electron chi connectivity index (χ3n) is 2.64. The molecular weight excluding hydrogens is 144 g/mol. The lowest BCUT2D eigenvalue weighted by Crippen LogP contribution is -2.02. The van der Waals surface area contributed by atoms with Gasteiger partial charge in [-0.25, -0.2) is 0 Å². The van der Waals surface area contributed by atoms with E-state index in [0.29, 0.717) is 5.92 Å². The summed E-state index contributed by atoms with van der Waals surface area (Å²) in [6, 6.07) is 0. The van der Waals surface area contributed by atoms with E-state index < -0.39 is 0 Å². The summed E-state index contributed by atoms with van der Waals surface area (Å²) < 4.78 is 0. The average Bonchev–Trinajstić information content (AvgIpc) is 2.56. The fourth-order valence-corrected chi connectivity index (χ4v) is 3.18. The number of aldehydes is 1. The molecule has 0 unspecified atom stereocenters. The molecule has 56 valence electrons. The fraction of sp³-hybridized carbons (Fsp3) is 0.875. The van der Waals surface area contributed by atoms with Crippen LogP contribution in [0.4, 0.5) is 0 Å². The molecule has 0 aromatic heterocycles. The van der Waals surface area contributed by atoms with Gasteiger partial charge in [0.25, 0.3) is 0 Å². The molecular formula is C8H12OS. The van der Waals surface area contributed by atoms with Crippen LogP contribution in [0.1, 0.15) is 12.8 Å². The predicted molar refractivity (Wildman–Crippen MR) is 43.1 cm³/mol. The highest BCUT2D eigenvalue weighted by molar-refractivity contribution is 7.99. The van der Waals surface area contributed by atoms with Crippen LogP contribution in [0, 0.1) is 17.8 Å². The van der Waals surface area contributed by atoms with Crippen molar-refractivity contribution in [3.63, 3.8) is 0 Å². The van der Waals surface area contributed by atoms with E-state index in [1.807, 2.05) is 11.8 Å². The number of hydrogen-bond donors (Lipinski definition) is 0. The van der Waals surface area contributed by atoms with Crippen molar-refractivity contribution >= 4 is 18.0 Å². The van der Waals surface area contributed by atoms with E-state index in [2.05, 4.69) is 0 Å². The van der Waals surface area contributed by atoms with Crippen LogP contribution in [-0.2, 0) is 4.79 Å². The van der Waals surface area contributed by atoms with Crippen molar-refractivity contribution in [3.8, 4) is 0 Å². The first-order chi connectivity index (χ1) is 4.92. The van der Waals surface area contributed by atoms with Gasteiger partial charge in [0, 0.05) is 5.92 Å². The molecule has 2 rings (SSSR count). The van der Waals surface area contributed by atoms with Gasteiger partial charge in [-0.3, -0.25) is 0 Å². The first kappa shape index (κ1) is 6.71. The summed E-state index contributed by atoms with van der Waals surface area (Å²) >= 11 is 2.05. The second kappa shape index (κ2) is 2.57. The minimum absolute atomic E-state index is 0.448. The quantitative estimate of drug-likeness (QED) is 0.565. The molecule has 2 aliphatic rings. The molecule has 1 saturated carbocycles. The van der Waals surface area contributed by atoms with Crippen molar-refractivity contribution < 1.29 is 4.79 Å². The van der Waals surface area contributed by atoms with Crippen molar-refractivity contribution in [2.24, 2.45) is 17.8 Å². The predicted octanol–water partition coefficient (Wildman–Crippen LogP) is 1.57. The second-order valence-corrected chi connectivity index (χ2v) is 4.47. The summed E-state index contributed by atoms with van der Waals surface area (Å²) in [6.07, 6.45) is 3.70. The zero-order valence-electron chi connectivity index (χ0n) is 5.95. The van der Waals surface area contributed by atoms with Crippen LogP contribution in [0.3, 0.4) is 0 Å². The topological polar surface area (TPSA) is 17.1 Å². The summed E-state index contributed by atoms with van der Waals surface area (Å²) in [5.74, 6) is 4.76. The first-order valence-corrected chi connectivity index (χ1v) is 5.10. The Hall–Kier alpha value is 0.0200. The molecule has 0 spiro atoms. The van der Waals surface area contributed by atoms with Gasteiger partial charge in [0.1, 0.15) is 6.29 Å². The van der Waals surface area contributed by atoms with E-state index in [-0.39, 0.29) is 0 Å². The lowest BCUT2D eigenvalue weighted by Gasteiger charge is -2.03. The minimum Gasteiger partial charge on any atom is -0.303 e. The molecule has 1 aliphatic carbocycles. The van der Waals surface area contributed by atoms with Gasteiger partial charge in [-0.1, -0.05) is 0 Å². The summed E-state index contributed by atoms with van der Waals surface area (Å²) in [7, 11) is 0. The Morgan fingerprint density at radius 3 is 2.90 bits per heavy atom. The van der Waals surface area contributed by atoms with Crippen molar-refractivity contribution in [3.05, 3.63) is 0 Å². The van der Waals surface area contributed by atoms with Crippen LogP contribution in [-0.4, -0.2) is 17.8 Å². The van der Waals surface area contributed by atoms with Crippen molar-refractivity contribution in [1.82, 2.24) is 0 Å². The number of rotatable bonds is 2. The van der Waals surface area contributed by atoms with E-state index in [1.54, 1.807) is 0 Å². The molecule has 0 radical (unpaired) electrons. The van der Waals surface area contributed by atoms with Crippen LogP contribution in [0.5, 0.6) is 0 Å². The lowest BCUT2D eigenvalue weighted by atomic mass is 10.0. The number of hydrogen-bond acceptors (Lipinski definition) is 2. The highest BCUT2D eigenvalue weighted by atomic mass is 32.2. The minimum atomic E-state index is 0.448. The van der Waals surface area contributed by atoms with Gasteiger partial charge in [0.15, 0.2) is 0 Å². The molecule has 3 atom stereocenters. The van der Waals surface area contributed by atoms with Crippen molar-refractivity contribution in [2.45, 2.75) is 12.8 Å². The molecule has 2 heteroatoms. The van der Waals surface area contributed by atoms with E-state index in [9.17, 15) is 4.79 Å². The Labute approximate surface area is 65.6 Å². The number of thioether (sulfide) groups is 1. The van der Waals surface area contributed by atoms with E-state index in [0.717, 1.165) is 18.1 Å². The van der Waals surface area contributed by atoms with Gasteiger partial charge in [0.2, 0.25) is 0 Å². The Kier molecular flexibility index (Phi) is 1.73. The Morgan fingerprint density at radius 1 is 1.50 bits per heavy atom. The normalized spacial score (nSPS) is 45.4. The van der Waals surface area contributed by atoms with Crippen molar-refractivity contribution in [2.75, 3.05) is 11.5 Å². The molecule has 2 fully saturated rings. The smallest absolute Gasteiger partial charge is 0.123 e. The maximum absolute atomic E-state index is 10.3. The van der Waals surface area contributed by atoms with Crippen LogP contribution in [0.2, 0.25) is 0 Å².